The van der Waals surface area contributed by atoms with Gasteiger partial charge in [-0.05, 0) is 74.5 Å². The molecule has 4 aliphatic rings. The Morgan fingerprint density at radius 2 is 1.52 bits per heavy atom. The number of fused-ring (bicyclic) bond motifs is 3. The van der Waals surface area contributed by atoms with Crippen molar-refractivity contribution < 1.29 is 15.3 Å². The summed E-state index contributed by atoms with van der Waals surface area (Å²) in [5.41, 5.74) is -0.651. The monoisotopic (exact) mass is 322 g/mol. The Hall–Kier alpha value is -0.120. The summed E-state index contributed by atoms with van der Waals surface area (Å²) in [5, 5.41) is 32.6. The molecule has 4 fully saturated rings. The van der Waals surface area contributed by atoms with Crippen molar-refractivity contribution in [3.63, 3.8) is 0 Å². The largest absolute Gasteiger partial charge is 0.393 e. The van der Waals surface area contributed by atoms with Gasteiger partial charge in [0.25, 0.3) is 0 Å². The van der Waals surface area contributed by atoms with Gasteiger partial charge in [-0.2, -0.15) is 0 Å². The van der Waals surface area contributed by atoms with E-state index in [0.717, 1.165) is 44.9 Å². The fourth-order valence-corrected chi connectivity index (χ4v) is 8.08. The van der Waals surface area contributed by atoms with Gasteiger partial charge in [-0.15, -0.1) is 0 Å². The lowest BCUT2D eigenvalue weighted by atomic mass is 9.40. The van der Waals surface area contributed by atoms with Gasteiger partial charge >= 0.3 is 0 Å². The highest BCUT2D eigenvalue weighted by molar-refractivity contribution is 5.19. The van der Waals surface area contributed by atoms with E-state index >= 15 is 0 Å². The molecule has 4 saturated carbocycles. The first-order chi connectivity index (χ1) is 10.6. The van der Waals surface area contributed by atoms with Crippen LogP contribution in [0.1, 0.15) is 72.6 Å². The van der Waals surface area contributed by atoms with Crippen LogP contribution in [0.4, 0.5) is 0 Å². The van der Waals surface area contributed by atoms with Gasteiger partial charge in [-0.25, -0.2) is 0 Å². The minimum atomic E-state index is -0.707. The van der Waals surface area contributed by atoms with Crippen molar-refractivity contribution in [1.29, 1.82) is 0 Å². The van der Waals surface area contributed by atoms with E-state index in [2.05, 4.69) is 20.8 Å². The Morgan fingerprint density at radius 1 is 0.826 bits per heavy atom. The van der Waals surface area contributed by atoms with Crippen molar-refractivity contribution in [2.24, 2.45) is 34.0 Å². The Balaban J connectivity index is 1.77. The number of rotatable bonds is 0. The quantitative estimate of drug-likeness (QED) is 0.642. The number of hydrogen-bond acceptors (Lipinski definition) is 3. The van der Waals surface area contributed by atoms with Crippen LogP contribution >= 0.6 is 0 Å². The highest BCUT2D eigenvalue weighted by Crippen LogP contribution is 2.72. The molecular formula is C20H34O3. The van der Waals surface area contributed by atoms with Gasteiger partial charge in [0, 0.05) is 11.3 Å². The summed E-state index contributed by atoms with van der Waals surface area (Å²) in [6, 6.07) is 0. The second-order valence-electron chi connectivity index (χ2n) is 10.4. The van der Waals surface area contributed by atoms with Gasteiger partial charge in [-0.1, -0.05) is 20.8 Å². The smallest absolute Gasteiger partial charge is 0.0679 e. The molecule has 8 atom stereocenters. The van der Waals surface area contributed by atoms with E-state index < -0.39 is 5.60 Å². The van der Waals surface area contributed by atoms with Crippen LogP contribution in [0.5, 0.6) is 0 Å². The van der Waals surface area contributed by atoms with E-state index in [1.807, 2.05) is 6.92 Å². The van der Waals surface area contributed by atoms with Crippen LogP contribution in [0.25, 0.3) is 0 Å². The standard InChI is InChI=1S/C20H34O3/c1-17(2)13-7-10-20-11-19(4,23)12(16(20)22)5-6-14(20)18(13,3)9-8-15(17)21/h12-16,21-23H,5-11H2,1-4H3/t12-,13-,14+,15-,16-,18-,19+,20+/m1/s1. The Labute approximate surface area is 140 Å². The van der Waals surface area contributed by atoms with E-state index in [0.29, 0.717) is 11.8 Å². The van der Waals surface area contributed by atoms with Crippen LogP contribution < -0.4 is 0 Å². The molecular weight excluding hydrogens is 288 g/mol. The minimum Gasteiger partial charge on any atom is -0.393 e. The van der Waals surface area contributed by atoms with Crippen molar-refractivity contribution in [3.8, 4) is 0 Å². The van der Waals surface area contributed by atoms with Gasteiger partial charge in [0.1, 0.15) is 0 Å². The van der Waals surface area contributed by atoms with Gasteiger partial charge in [0.2, 0.25) is 0 Å². The van der Waals surface area contributed by atoms with Crippen molar-refractivity contribution in [2.45, 2.75) is 90.4 Å². The summed E-state index contributed by atoms with van der Waals surface area (Å²) < 4.78 is 0. The first kappa shape index (κ1) is 16.4. The molecule has 23 heavy (non-hydrogen) atoms. The van der Waals surface area contributed by atoms with Crippen LogP contribution in [-0.4, -0.2) is 33.1 Å². The molecule has 0 unspecified atom stereocenters. The van der Waals surface area contributed by atoms with E-state index in [-0.39, 0.29) is 34.4 Å². The molecule has 0 aromatic heterocycles. The summed E-state index contributed by atoms with van der Waals surface area (Å²) in [6.07, 6.45) is 6.34. The normalized spacial score (nSPS) is 60.9. The third-order valence-electron chi connectivity index (χ3n) is 9.12. The molecule has 1 spiro atoms. The molecule has 3 heteroatoms. The molecule has 3 nitrogen and oxygen atoms in total. The number of aliphatic hydroxyl groups excluding tert-OH is 2. The minimum absolute atomic E-state index is 0.0441. The highest BCUT2D eigenvalue weighted by Gasteiger charge is 2.70. The van der Waals surface area contributed by atoms with Crippen molar-refractivity contribution in [3.05, 3.63) is 0 Å². The fourth-order valence-electron chi connectivity index (χ4n) is 8.08. The van der Waals surface area contributed by atoms with Crippen LogP contribution in [0.3, 0.4) is 0 Å². The number of hydrogen-bond donors (Lipinski definition) is 3. The van der Waals surface area contributed by atoms with E-state index in [1.165, 1.54) is 0 Å². The fraction of sp³-hybridized carbons (Fsp3) is 1.00. The lowest BCUT2D eigenvalue weighted by Crippen LogP contribution is -2.61. The van der Waals surface area contributed by atoms with Crippen molar-refractivity contribution in [2.75, 3.05) is 0 Å². The van der Waals surface area contributed by atoms with E-state index in [9.17, 15) is 15.3 Å². The van der Waals surface area contributed by atoms with Crippen LogP contribution in [0, 0.1) is 34.0 Å². The maximum Gasteiger partial charge on any atom is 0.0679 e. The zero-order valence-electron chi connectivity index (χ0n) is 15.2. The molecule has 0 aliphatic heterocycles. The zero-order chi connectivity index (χ0) is 16.8. The molecule has 0 aromatic rings. The topological polar surface area (TPSA) is 60.7 Å². The average Bonchev–Trinajstić information content (AvgIpc) is 2.56. The van der Waals surface area contributed by atoms with Gasteiger partial charge < -0.3 is 15.3 Å². The summed E-state index contributed by atoms with van der Waals surface area (Å²) >= 11 is 0. The molecule has 0 aromatic carbocycles. The second kappa shape index (κ2) is 4.53. The average molecular weight is 322 g/mol. The Kier molecular flexibility index (Phi) is 3.22. The molecule has 0 saturated heterocycles. The maximum atomic E-state index is 11.1. The van der Waals surface area contributed by atoms with Crippen LogP contribution in [0.15, 0.2) is 0 Å². The van der Waals surface area contributed by atoms with E-state index in [4.69, 9.17) is 0 Å². The molecule has 4 rings (SSSR count). The summed E-state index contributed by atoms with van der Waals surface area (Å²) in [5.74, 6) is 1.06. The Morgan fingerprint density at radius 3 is 2.22 bits per heavy atom. The molecule has 0 heterocycles. The first-order valence-corrected chi connectivity index (χ1v) is 9.64. The molecule has 0 amide bonds. The zero-order valence-corrected chi connectivity index (χ0v) is 15.2. The summed E-state index contributed by atoms with van der Waals surface area (Å²) in [7, 11) is 0. The maximum absolute atomic E-state index is 11.1. The third-order valence-corrected chi connectivity index (χ3v) is 9.12. The lowest BCUT2D eigenvalue weighted by Gasteiger charge is -2.65. The van der Waals surface area contributed by atoms with Crippen LogP contribution in [-0.2, 0) is 0 Å². The predicted octanol–water partition coefficient (Wildman–Crippen LogP) is 3.11. The van der Waals surface area contributed by atoms with Crippen molar-refractivity contribution >= 4 is 0 Å². The summed E-state index contributed by atoms with van der Waals surface area (Å²) in [6.45, 7) is 8.85. The van der Waals surface area contributed by atoms with Gasteiger partial charge in [0.05, 0.1) is 17.8 Å². The molecule has 3 N–H and O–H groups in total. The lowest BCUT2D eigenvalue weighted by molar-refractivity contribution is -0.205. The van der Waals surface area contributed by atoms with Crippen LogP contribution in [0.2, 0.25) is 0 Å². The predicted molar refractivity (Wildman–Crippen MR) is 89.7 cm³/mol. The first-order valence-electron chi connectivity index (χ1n) is 9.64. The summed E-state index contributed by atoms with van der Waals surface area (Å²) in [4.78, 5) is 0. The molecule has 132 valence electrons. The molecule has 4 aliphatic carbocycles. The van der Waals surface area contributed by atoms with Gasteiger partial charge in [0.15, 0.2) is 0 Å². The second-order valence-corrected chi connectivity index (χ2v) is 10.4. The molecule has 2 bridgehead atoms. The van der Waals surface area contributed by atoms with E-state index in [1.54, 1.807) is 0 Å². The Bertz CT molecular complexity index is 513. The number of aliphatic hydroxyl groups is 3. The SMILES string of the molecule is CC1(C)[C@H](O)CC[C@]2(C)[C@@H]1CC[C@]13C[C@](C)(O)[C@H](CC[C@@H]21)[C@H]3O. The third kappa shape index (κ3) is 1.82. The molecule has 0 radical (unpaired) electrons. The highest BCUT2D eigenvalue weighted by atomic mass is 16.3. The van der Waals surface area contributed by atoms with Crippen molar-refractivity contribution in [1.82, 2.24) is 0 Å². The van der Waals surface area contributed by atoms with Gasteiger partial charge in [-0.3, -0.25) is 0 Å².